The first-order valence-electron chi connectivity index (χ1n) is 9.92. The number of carbonyl (C=O) groups is 3. The smallest absolute Gasteiger partial charge is 0.328 e. The van der Waals surface area contributed by atoms with Crippen molar-refractivity contribution in [1.29, 1.82) is 0 Å². The Kier molecular flexibility index (Phi) is 6.90. The van der Waals surface area contributed by atoms with E-state index in [2.05, 4.69) is 47.9 Å². The molecule has 0 aliphatic heterocycles. The SMILES string of the molecule is O=C(NCc1ccccc1)C(=O)Nn1c(C(=O)Nc2ccc(Br)cc2)cc2cc(Br)ccc21. The Balaban J connectivity index is 1.57. The summed E-state index contributed by atoms with van der Waals surface area (Å²) >= 11 is 6.77. The highest BCUT2D eigenvalue weighted by molar-refractivity contribution is 9.10. The van der Waals surface area contributed by atoms with Gasteiger partial charge >= 0.3 is 11.8 Å². The molecule has 4 rings (SSSR count). The number of aromatic nitrogens is 1. The second-order valence-electron chi connectivity index (χ2n) is 7.14. The van der Waals surface area contributed by atoms with Crippen LogP contribution in [0.5, 0.6) is 0 Å². The third kappa shape index (κ3) is 5.50. The standard InChI is InChI=1S/C24H18Br2N4O3/c25-17-6-9-19(10-7-17)28-22(31)21-13-16-12-18(26)8-11-20(16)30(21)29-24(33)23(32)27-14-15-4-2-1-3-5-15/h1-13H,14H2,(H,27,32)(H,28,31)(H,29,33). The number of anilines is 1. The van der Waals surface area contributed by atoms with Crippen molar-refractivity contribution in [3.63, 3.8) is 0 Å². The van der Waals surface area contributed by atoms with Crippen LogP contribution >= 0.6 is 31.9 Å². The van der Waals surface area contributed by atoms with Gasteiger partial charge in [0.2, 0.25) is 0 Å². The van der Waals surface area contributed by atoms with Gasteiger partial charge in [-0.3, -0.25) is 19.8 Å². The maximum Gasteiger partial charge on any atom is 0.328 e. The summed E-state index contributed by atoms with van der Waals surface area (Å²) in [4.78, 5) is 38.0. The summed E-state index contributed by atoms with van der Waals surface area (Å²) in [6.07, 6.45) is 0. The fraction of sp³-hybridized carbons (Fsp3) is 0.0417. The summed E-state index contributed by atoms with van der Waals surface area (Å²) in [7, 11) is 0. The molecule has 0 fully saturated rings. The zero-order valence-corrected chi connectivity index (χ0v) is 20.3. The molecule has 166 valence electrons. The number of rotatable bonds is 5. The molecule has 0 saturated carbocycles. The molecule has 0 bridgehead atoms. The Morgan fingerprint density at radius 2 is 1.48 bits per heavy atom. The van der Waals surface area contributed by atoms with Crippen LogP contribution in [0, 0.1) is 0 Å². The molecule has 1 heterocycles. The van der Waals surface area contributed by atoms with E-state index in [-0.39, 0.29) is 12.2 Å². The van der Waals surface area contributed by atoms with Gasteiger partial charge < -0.3 is 10.6 Å². The third-order valence-electron chi connectivity index (χ3n) is 4.81. The van der Waals surface area contributed by atoms with Crippen LogP contribution in [-0.4, -0.2) is 22.4 Å². The van der Waals surface area contributed by atoms with Gasteiger partial charge in [0.05, 0.1) is 5.52 Å². The highest BCUT2D eigenvalue weighted by Crippen LogP contribution is 2.24. The summed E-state index contributed by atoms with van der Waals surface area (Å²) in [5.41, 5.74) is 4.75. The second-order valence-corrected chi connectivity index (χ2v) is 8.97. The molecule has 3 N–H and O–H groups in total. The van der Waals surface area contributed by atoms with E-state index in [1.165, 1.54) is 4.68 Å². The molecular weight excluding hydrogens is 552 g/mol. The summed E-state index contributed by atoms with van der Waals surface area (Å²) in [5, 5.41) is 6.11. The number of nitrogens with one attached hydrogen (secondary N) is 3. The number of fused-ring (bicyclic) bond motifs is 1. The molecule has 9 heteroatoms. The van der Waals surface area contributed by atoms with E-state index in [0.717, 1.165) is 19.9 Å². The molecular formula is C24H18Br2N4O3. The van der Waals surface area contributed by atoms with Gasteiger partial charge in [-0.1, -0.05) is 62.2 Å². The largest absolute Gasteiger partial charge is 0.344 e. The fourth-order valence-electron chi connectivity index (χ4n) is 3.21. The summed E-state index contributed by atoms with van der Waals surface area (Å²) in [6, 6.07) is 23.4. The molecule has 0 saturated heterocycles. The molecule has 1 aromatic heterocycles. The number of hydrogen-bond acceptors (Lipinski definition) is 3. The monoisotopic (exact) mass is 568 g/mol. The van der Waals surface area contributed by atoms with Crippen LogP contribution in [0.1, 0.15) is 16.1 Å². The van der Waals surface area contributed by atoms with E-state index >= 15 is 0 Å². The molecule has 33 heavy (non-hydrogen) atoms. The average molecular weight is 570 g/mol. The quantitative estimate of drug-likeness (QED) is 0.301. The molecule has 4 aromatic rings. The van der Waals surface area contributed by atoms with Gasteiger partial charge in [0.15, 0.2) is 0 Å². The number of amides is 3. The predicted octanol–water partition coefficient (Wildman–Crippen LogP) is 4.81. The number of nitrogens with zero attached hydrogens (tertiary/aromatic N) is 1. The maximum atomic E-state index is 13.0. The van der Waals surface area contributed by atoms with Crippen LogP contribution in [0.2, 0.25) is 0 Å². The van der Waals surface area contributed by atoms with Gasteiger partial charge in [-0.15, -0.1) is 0 Å². The predicted molar refractivity (Wildman–Crippen MR) is 134 cm³/mol. The van der Waals surface area contributed by atoms with E-state index in [4.69, 9.17) is 0 Å². The van der Waals surface area contributed by atoms with E-state index in [1.807, 2.05) is 36.4 Å². The lowest BCUT2D eigenvalue weighted by atomic mass is 10.2. The third-order valence-corrected chi connectivity index (χ3v) is 5.84. The molecule has 0 unspecified atom stereocenters. The van der Waals surface area contributed by atoms with Crippen molar-refractivity contribution < 1.29 is 14.4 Å². The minimum Gasteiger partial charge on any atom is -0.344 e. The number of halogens is 2. The zero-order valence-electron chi connectivity index (χ0n) is 17.1. The van der Waals surface area contributed by atoms with E-state index in [0.29, 0.717) is 11.2 Å². The van der Waals surface area contributed by atoms with E-state index in [1.54, 1.807) is 42.5 Å². The lowest BCUT2D eigenvalue weighted by molar-refractivity contribution is -0.136. The Morgan fingerprint density at radius 1 is 0.788 bits per heavy atom. The van der Waals surface area contributed by atoms with Crippen molar-refractivity contribution in [3.8, 4) is 0 Å². The van der Waals surface area contributed by atoms with Crippen molar-refractivity contribution >= 4 is 66.2 Å². The second kappa shape index (κ2) is 10.0. The number of hydrogen-bond donors (Lipinski definition) is 3. The van der Waals surface area contributed by atoms with Crippen LogP contribution in [-0.2, 0) is 16.1 Å². The van der Waals surface area contributed by atoms with E-state index in [9.17, 15) is 14.4 Å². The molecule has 0 radical (unpaired) electrons. The van der Waals surface area contributed by atoms with Crippen molar-refractivity contribution in [3.05, 3.63) is 99.1 Å². The van der Waals surface area contributed by atoms with Gasteiger partial charge in [-0.25, -0.2) is 4.68 Å². The molecule has 0 aliphatic rings. The first-order valence-corrected chi connectivity index (χ1v) is 11.5. The number of carbonyl (C=O) groups excluding carboxylic acids is 3. The highest BCUT2D eigenvalue weighted by Gasteiger charge is 2.21. The van der Waals surface area contributed by atoms with Crippen molar-refractivity contribution in [1.82, 2.24) is 9.99 Å². The van der Waals surface area contributed by atoms with Crippen molar-refractivity contribution in [2.45, 2.75) is 6.54 Å². The average Bonchev–Trinajstić information content (AvgIpc) is 3.17. The van der Waals surface area contributed by atoms with Crippen molar-refractivity contribution in [2.24, 2.45) is 0 Å². The molecule has 0 atom stereocenters. The van der Waals surface area contributed by atoms with Crippen LogP contribution < -0.4 is 16.1 Å². The molecule has 3 amide bonds. The van der Waals surface area contributed by atoms with Crippen LogP contribution in [0.25, 0.3) is 10.9 Å². The van der Waals surface area contributed by atoms with Gasteiger partial charge in [0.25, 0.3) is 5.91 Å². The van der Waals surface area contributed by atoms with Gasteiger partial charge in [0.1, 0.15) is 5.69 Å². The van der Waals surface area contributed by atoms with Gasteiger partial charge in [0, 0.05) is 26.6 Å². The Hall–Kier alpha value is -3.43. The van der Waals surface area contributed by atoms with Crippen LogP contribution in [0.4, 0.5) is 5.69 Å². The van der Waals surface area contributed by atoms with Crippen LogP contribution in [0.3, 0.4) is 0 Å². The van der Waals surface area contributed by atoms with Gasteiger partial charge in [-0.05, 0) is 54.1 Å². The lowest BCUT2D eigenvalue weighted by Crippen LogP contribution is -2.39. The first-order chi connectivity index (χ1) is 15.9. The lowest BCUT2D eigenvalue weighted by Gasteiger charge is -2.13. The molecule has 7 nitrogen and oxygen atoms in total. The topological polar surface area (TPSA) is 92.2 Å². The molecule has 3 aromatic carbocycles. The van der Waals surface area contributed by atoms with E-state index < -0.39 is 17.7 Å². The summed E-state index contributed by atoms with van der Waals surface area (Å²) in [5.74, 6) is -2.13. The highest BCUT2D eigenvalue weighted by atomic mass is 79.9. The fourth-order valence-corrected chi connectivity index (χ4v) is 3.86. The minimum atomic E-state index is -0.885. The summed E-state index contributed by atoms with van der Waals surface area (Å²) in [6.45, 7) is 0.212. The van der Waals surface area contributed by atoms with Crippen LogP contribution in [0.15, 0.2) is 87.8 Å². The van der Waals surface area contributed by atoms with Gasteiger partial charge in [-0.2, -0.15) is 0 Å². The Morgan fingerprint density at radius 3 is 2.21 bits per heavy atom. The Bertz CT molecular complexity index is 1340. The Labute approximate surface area is 206 Å². The molecule has 0 spiro atoms. The number of benzene rings is 3. The maximum absolute atomic E-state index is 13.0. The first kappa shape index (κ1) is 22.8. The zero-order chi connectivity index (χ0) is 23.4. The molecule has 0 aliphatic carbocycles. The normalized spacial score (nSPS) is 10.6. The minimum absolute atomic E-state index is 0.176. The summed E-state index contributed by atoms with van der Waals surface area (Å²) < 4.78 is 3.02. The van der Waals surface area contributed by atoms with Crippen molar-refractivity contribution in [2.75, 3.05) is 10.7 Å².